The van der Waals surface area contributed by atoms with E-state index in [2.05, 4.69) is 21.2 Å². The summed E-state index contributed by atoms with van der Waals surface area (Å²) in [6.07, 6.45) is 1.50. The molecule has 0 aliphatic carbocycles. The molecule has 0 saturated heterocycles. The van der Waals surface area contributed by atoms with Crippen molar-refractivity contribution < 1.29 is 15.3 Å². The first-order valence-electron chi connectivity index (χ1n) is 6.21. The Bertz CT molecular complexity index is 653. The molecule has 4 N–H and O–H groups in total. The van der Waals surface area contributed by atoms with E-state index in [0.717, 1.165) is 16.7 Å². The lowest BCUT2D eigenvalue weighted by Gasteiger charge is -2.03. The lowest BCUT2D eigenvalue weighted by atomic mass is 10.2. The monoisotopic (exact) mass is 273 g/mol. The molecule has 1 atom stereocenters. The molecule has 0 fully saturated rings. The molecule has 0 aliphatic heterocycles. The van der Waals surface area contributed by atoms with Crippen LogP contribution in [0.2, 0.25) is 0 Å². The van der Waals surface area contributed by atoms with Gasteiger partial charge in [-0.3, -0.25) is 4.79 Å². The van der Waals surface area contributed by atoms with Gasteiger partial charge in [0.15, 0.2) is 6.04 Å². The molecule has 0 saturated carbocycles. The molecule has 20 heavy (non-hydrogen) atoms. The SMILES string of the molecule is COc1ccc2nc(/C=N\NC(=O)[C@H](C)[NH3+])ccc2c1. The second kappa shape index (κ2) is 6.12. The zero-order valence-electron chi connectivity index (χ0n) is 11.5. The summed E-state index contributed by atoms with van der Waals surface area (Å²) in [5.41, 5.74) is 7.52. The van der Waals surface area contributed by atoms with Crippen molar-refractivity contribution in [3.63, 3.8) is 0 Å². The number of hydrazone groups is 1. The second-order valence-electron chi connectivity index (χ2n) is 4.43. The van der Waals surface area contributed by atoms with E-state index < -0.39 is 0 Å². The summed E-state index contributed by atoms with van der Waals surface area (Å²) in [5, 5.41) is 4.83. The first-order chi connectivity index (χ1) is 9.60. The van der Waals surface area contributed by atoms with Crippen molar-refractivity contribution in [2.45, 2.75) is 13.0 Å². The number of methoxy groups -OCH3 is 1. The molecule has 104 valence electrons. The Morgan fingerprint density at radius 2 is 2.25 bits per heavy atom. The fourth-order valence-electron chi connectivity index (χ4n) is 1.59. The van der Waals surface area contributed by atoms with Crippen LogP contribution in [-0.2, 0) is 4.79 Å². The standard InChI is InChI=1S/C14H16N4O2/c1-9(15)14(19)18-16-8-11-4-3-10-7-12(20-2)5-6-13(10)17-11/h3-9H,15H2,1-2H3,(H,18,19)/p+1/b16-8-/t9-/m0/s1. The normalized spacial score (nSPS) is 12.6. The van der Waals surface area contributed by atoms with Gasteiger partial charge < -0.3 is 10.5 Å². The zero-order chi connectivity index (χ0) is 14.5. The molecule has 0 spiro atoms. The molecular weight excluding hydrogens is 256 g/mol. The fourth-order valence-corrected chi connectivity index (χ4v) is 1.59. The van der Waals surface area contributed by atoms with Crippen molar-refractivity contribution in [2.24, 2.45) is 5.10 Å². The average molecular weight is 273 g/mol. The highest BCUT2D eigenvalue weighted by atomic mass is 16.5. The summed E-state index contributed by atoms with van der Waals surface area (Å²) in [6.45, 7) is 1.70. The molecule has 6 nitrogen and oxygen atoms in total. The Kier molecular flexibility index (Phi) is 4.27. The number of pyridine rings is 1. The van der Waals surface area contributed by atoms with E-state index in [1.807, 2.05) is 30.3 Å². The molecule has 2 rings (SSSR count). The Morgan fingerprint density at radius 1 is 1.45 bits per heavy atom. The summed E-state index contributed by atoms with van der Waals surface area (Å²) < 4.78 is 5.16. The summed E-state index contributed by atoms with van der Waals surface area (Å²) in [7, 11) is 1.63. The van der Waals surface area contributed by atoms with Crippen molar-refractivity contribution in [1.82, 2.24) is 10.4 Å². The Balaban J connectivity index is 2.16. The zero-order valence-corrected chi connectivity index (χ0v) is 11.5. The number of hydrogen-bond acceptors (Lipinski definition) is 4. The molecule has 1 aromatic carbocycles. The number of aromatic nitrogens is 1. The number of quaternary nitrogens is 1. The third-order valence-corrected chi connectivity index (χ3v) is 2.74. The van der Waals surface area contributed by atoms with Gasteiger partial charge >= 0.3 is 0 Å². The topological polar surface area (TPSA) is 91.2 Å². The van der Waals surface area contributed by atoms with E-state index in [-0.39, 0.29) is 11.9 Å². The number of carbonyl (C=O) groups is 1. The summed E-state index contributed by atoms with van der Waals surface area (Å²) in [4.78, 5) is 15.7. The van der Waals surface area contributed by atoms with Gasteiger partial charge in [-0.05, 0) is 31.2 Å². The molecule has 2 aromatic rings. The van der Waals surface area contributed by atoms with Crippen molar-refractivity contribution in [3.8, 4) is 5.75 Å². The molecule has 0 aliphatic rings. The minimum Gasteiger partial charge on any atom is -0.497 e. The van der Waals surface area contributed by atoms with Crippen LogP contribution in [0.3, 0.4) is 0 Å². The average Bonchev–Trinajstić information content (AvgIpc) is 2.46. The van der Waals surface area contributed by atoms with Gasteiger partial charge in [-0.2, -0.15) is 5.10 Å². The highest BCUT2D eigenvalue weighted by molar-refractivity contribution is 5.87. The predicted octanol–water partition coefficient (Wildman–Crippen LogP) is 0.324. The van der Waals surface area contributed by atoms with Gasteiger partial charge in [0.05, 0.1) is 24.5 Å². The molecule has 1 aromatic heterocycles. The van der Waals surface area contributed by atoms with Crippen LogP contribution in [0.1, 0.15) is 12.6 Å². The first kappa shape index (κ1) is 14.0. The van der Waals surface area contributed by atoms with Crippen LogP contribution in [0.5, 0.6) is 5.75 Å². The summed E-state index contributed by atoms with van der Waals surface area (Å²) in [6, 6.07) is 9.05. The Hall–Kier alpha value is -2.47. The van der Waals surface area contributed by atoms with Crippen molar-refractivity contribution >= 4 is 23.0 Å². The lowest BCUT2D eigenvalue weighted by Crippen LogP contribution is -2.65. The quantitative estimate of drug-likeness (QED) is 0.621. The molecular formula is C14H17N4O2+. The number of carbonyl (C=O) groups excluding carboxylic acids is 1. The van der Waals surface area contributed by atoms with E-state index in [9.17, 15) is 4.79 Å². The number of fused-ring (bicyclic) bond motifs is 1. The molecule has 1 heterocycles. The number of nitrogens with one attached hydrogen (secondary N) is 1. The Morgan fingerprint density at radius 3 is 2.95 bits per heavy atom. The second-order valence-corrected chi connectivity index (χ2v) is 4.43. The van der Waals surface area contributed by atoms with Crippen LogP contribution in [0, 0.1) is 0 Å². The van der Waals surface area contributed by atoms with Crippen LogP contribution in [0.4, 0.5) is 0 Å². The number of benzene rings is 1. The number of hydrogen-bond donors (Lipinski definition) is 2. The molecule has 1 amide bonds. The fraction of sp³-hybridized carbons (Fsp3) is 0.214. The van der Waals surface area contributed by atoms with Gasteiger partial charge in [-0.15, -0.1) is 0 Å². The van der Waals surface area contributed by atoms with Gasteiger partial charge in [0, 0.05) is 5.39 Å². The van der Waals surface area contributed by atoms with Crippen LogP contribution in [0.25, 0.3) is 10.9 Å². The van der Waals surface area contributed by atoms with Crippen molar-refractivity contribution in [1.29, 1.82) is 0 Å². The molecule has 6 heteroatoms. The van der Waals surface area contributed by atoms with Gasteiger partial charge in [0.2, 0.25) is 0 Å². The van der Waals surface area contributed by atoms with Gasteiger partial charge in [-0.25, -0.2) is 10.4 Å². The number of rotatable bonds is 4. The van der Waals surface area contributed by atoms with Crippen LogP contribution in [-0.4, -0.2) is 30.3 Å². The van der Waals surface area contributed by atoms with E-state index in [1.54, 1.807) is 14.0 Å². The number of amides is 1. The van der Waals surface area contributed by atoms with E-state index in [4.69, 9.17) is 4.74 Å². The van der Waals surface area contributed by atoms with E-state index in [1.165, 1.54) is 6.21 Å². The highest BCUT2D eigenvalue weighted by Gasteiger charge is 2.08. The van der Waals surface area contributed by atoms with E-state index >= 15 is 0 Å². The van der Waals surface area contributed by atoms with Crippen LogP contribution in [0.15, 0.2) is 35.4 Å². The highest BCUT2D eigenvalue weighted by Crippen LogP contribution is 2.19. The molecule has 0 radical (unpaired) electrons. The maximum absolute atomic E-state index is 11.3. The minimum atomic E-state index is -0.343. The summed E-state index contributed by atoms with van der Waals surface area (Å²) in [5.74, 6) is 0.559. The third kappa shape index (κ3) is 3.30. The minimum absolute atomic E-state index is 0.230. The van der Waals surface area contributed by atoms with Gasteiger partial charge in [0.1, 0.15) is 5.75 Å². The van der Waals surface area contributed by atoms with Crippen molar-refractivity contribution in [2.75, 3.05) is 7.11 Å². The number of ether oxygens (including phenoxy) is 1. The molecule has 0 bridgehead atoms. The van der Waals surface area contributed by atoms with Crippen LogP contribution >= 0.6 is 0 Å². The van der Waals surface area contributed by atoms with Crippen molar-refractivity contribution in [3.05, 3.63) is 36.0 Å². The number of nitrogens with zero attached hydrogens (tertiary/aromatic N) is 2. The lowest BCUT2D eigenvalue weighted by molar-refractivity contribution is -0.398. The van der Waals surface area contributed by atoms with E-state index in [0.29, 0.717) is 5.69 Å². The summed E-state index contributed by atoms with van der Waals surface area (Å²) >= 11 is 0. The largest absolute Gasteiger partial charge is 0.497 e. The maximum atomic E-state index is 11.3. The smallest absolute Gasteiger partial charge is 0.297 e. The third-order valence-electron chi connectivity index (χ3n) is 2.74. The maximum Gasteiger partial charge on any atom is 0.297 e. The van der Waals surface area contributed by atoms with Gasteiger partial charge in [0.25, 0.3) is 5.91 Å². The predicted molar refractivity (Wildman–Crippen MR) is 76.4 cm³/mol. The first-order valence-corrected chi connectivity index (χ1v) is 6.21. The molecule has 0 unspecified atom stereocenters. The van der Waals surface area contributed by atoms with Crippen LogP contribution < -0.4 is 15.9 Å². The Labute approximate surface area is 116 Å². The van der Waals surface area contributed by atoms with Gasteiger partial charge in [-0.1, -0.05) is 6.07 Å².